The van der Waals surface area contributed by atoms with E-state index in [0.717, 1.165) is 29.5 Å². The Morgan fingerprint density at radius 2 is 1.96 bits per heavy atom. The van der Waals surface area contributed by atoms with Crippen LogP contribution < -0.4 is 10.6 Å². The molecule has 1 fully saturated rings. The van der Waals surface area contributed by atoms with E-state index < -0.39 is 0 Å². The van der Waals surface area contributed by atoms with Crippen LogP contribution in [0.4, 0.5) is 10.5 Å². The first-order valence-corrected chi connectivity index (χ1v) is 10.2. The van der Waals surface area contributed by atoms with Crippen molar-refractivity contribution in [3.05, 3.63) is 58.3 Å². The van der Waals surface area contributed by atoms with Crippen molar-refractivity contribution < 1.29 is 9.59 Å². The number of likely N-dealkylation sites (tertiary alicyclic amines) is 1. The van der Waals surface area contributed by atoms with Crippen molar-refractivity contribution in [2.45, 2.75) is 26.8 Å². The molecule has 148 valence electrons. The fraction of sp³-hybridized carbons (Fsp3) is 0.381. The maximum atomic E-state index is 13.1. The molecule has 28 heavy (non-hydrogen) atoms. The quantitative estimate of drug-likeness (QED) is 0.738. The van der Waals surface area contributed by atoms with Gasteiger partial charge < -0.3 is 15.5 Å². The van der Waals surface area contributed by atoms with E-state index in [-0.39, 0.29) is 11.9 Å². The number of nitrogens with one attached hydrogen (secondary N) is 2. The Kier molecular flexibility index (Phi) is 6.67. The zero-order valence-corrected chi connectivity index (χ0v) is 17.7. The van der Waals surface area contributed by atoms with Crippen LogP contribution in [0.15, 0.2) is 47.2 Å². The Labute approximate surface area is 173 Å². The van der Waals surface area contributed by atoms with Crippen LogP contribution in [-0.4, -0.2) is 34.9 Å². The summed E-state index contributed by atoms with van der Waals surface area (Å²) < 4.78 is 0.801. The molecule has 0 radical (unpaired) electrons. The second-order valence-corrected chi connectivity index (χ2v) is 8.43. The number of anilines is 1. The van der Waals surface area contributed by atoms with Crippen molar-refractivity contribution in [3.8, 4) is 0 Å². The standard InChI is InChI=1S/C21H25BrN4O2/c1-14-8-15(2)13-26(12-14)20(27)18-9-17(22)5-6-19(18)25-21(28)24-11-16-4-3-7-23-10-16/h3-7,9-10,14-15H,8,11-13H2,1-2H3,(H2,24,25,28)/t14-,15+. The molecule has 7 heteroatoms. The number of aromatic nitrogens is 1. The molecule has 2 N–H and O–H groups in total. The van der Waals surface area contributed by atoms with Crippen molar-refractivity contribution >= 4 is 33.6 Å². The van der Waals surface area contributed by atoms with Crippen LogP contribution >= 0.6 is 15.9 Å². The maximum absolute atomic E-state index is 13.1. The van der Waals surface area contributed by atoms with Gasteiger partial charge in [0.05, 0.1) is 11.3 Å². The van der Waals surface area contributed by atoms with Gasteiger partial charge in [0.25, 0.3) is 5.91 Å². The zero-order chi connectivity index (χ0) is 20.1. The van der Waals surface area contributed by atoms with Gasteiger partial charge in [0.1, 0.15) is 0 Å². The molecule has 1 aliphatic heterocycles. The van der Waals surface area contributed by atoms with E-state index in [2.05, 4.69) is 45.4 Å². The van der Waals surface area contributed by atoms with E-state index in [1.807, 2.05) is 23.1 Å². The largest absolute Gasteiger partial charge is 0.338 e. The highest BCUT2D eigenvalue weighted by Gasteiger charge is 2.27. The Bertz CT molecular complexity index is 834. The molecule has 0 bridgehead atoms. The summed E-state index contributed by atoms with van der Waals surface area (Å²) in [6, 6.07) is 8.68. The van der Waals surface area contributed by atoms with Gasteiger partial charge in [-0.2, -0.15) is 0 Å². The van der Waals surface area contributed by atoms with Gasteiger partial charge in [-0.25, -0.2) is 4.79 Å². The molecule has 2 aromatic rings. The number of hydrogen-bond donors (Lipinski definition) is 2. The zero-order valence-electron chi connectivity index (χ0n) is 16.1. The predicted molar refractivity (Wildman–Crippen MR) is 113 cm³/mol. The SMILES string of the molecule is C[C@@H]1C[C@H](C)CN(C(=O)c2cc(Br)ccc2NC(=O)NCc2cccnc2)C1. The van der Waals surface area contributed by atoms with E-state index in [1.165, 1.54) is 0 Å². The number of carbonyl (C=O) groups excluding carboxylic acids is 2. The molecule has 3 amide bonds. The van der Waals surface area contributed by atoms with E-state index >= 15 is 0 Å². The van der Waals surface area contributed by atoms with Gasteiger partial charge in [-0.3, -0.25) is 9.78 Å². The summed E-state index contributed by atoms with van der Waals surface area (Å²) in [6.45, 7) is 6.18. The Hall–Kier alpha value is -2.41. The third kappa shape index (κ3) is 5.32. The number of rotatable bonds is 4. The van der Waals surface area contributed by atoms with E-state index in [9.17, 15) is 9.59 Å². The Balaban J connectivity index is 1.71. The van der Waals surface area contributed by atoms with Crippen LogP contribution in [0.25, 0.3) is 0 Å². The Morgan fingerprint density at radius 3 is 2.64 bits per heavy atom. The number of pyridine rings is 1. The van der Waals surface area contributed by atoms with E-state index in [4.69, 9.17) is 0 Å². The van der Waals surface area contributed by atoms with Crippen LogP contribution in [-0.2, 0) is 6.54 Å². The smallest absolute Gasteiger partial charge is 0.319 e. The highest BCUT2D eigenvalue weighted by Crippen LogP contribution is 2.27. The summed E-state index contributed by atoms with van der Waals surface area (Å²) in [5.74, 6) is 0.889. The monoisotopic (exact) mass is 444 g/mol. The molecule has 3 rings (SSSR count). The minimum atomic E-state index is -0.361. The van der Waals surface area contributed by atoms with Gasteiger partial charge >= 0.3 is 6.03 Å². The summed E-state index contributed by atoms with van der Waals surface area (Å²) in [6.07, 6.45) is 4.52. The van der Waals surface area contributed by atoms with Crippen LogP contribution in [0.1, 0.15) is 36.2 Å². The molecule has 1 aromatic heterocycles. The third-order valence-electron chi connectivity index (χ3n) is 4.79. The van der Waals surface area contributed by atoms with Crippen molar-refractivity contribution in [1.82, 2.24) is 15.2 Å². The topological polar surface area (TPSA) is 74.3 Å². The lowest BCUT2D eigenvalue weighted by atomic mass is 9.91. The number of halogens is 1. The number of benzene rings is 1. The van der Waals surface area contributed by atoms with Gasteiger partial charge in [0, 0.05) is 36.5 Å². The molecule has 6 nitrogen and oxygen atoms in total. The average Bonchev–Trinajstić information content (AvgIpc) is 2.67. The normalized spacial score (nSPS) is 19.2. The van der Waals surface area contributed by atoms with Crippen molar-refractivity contribution in [3.63, 3.8) is 0 Å². The molecule has 0 spiro atoms. The summed E-state index contributed by atoms with van der Waals surface area (Å²) in [5.41, 5.74) is 1.90. The van der Waals surface area contributed by atoms with E-state index in [1.54, 1.807) is 24.5 Å². The number of urea groups is 1. The molecule has 0 aliphatic carbocycles. The lowest BCUT2D eigenvalue weighted by molar-refractivity contribution is 0.0624. The molecular weight excluding hydrogens is 420 g/mol. The van der Waals surface area contributed by atoms with Crippen molar-refractivity contribution in [1.29, 1.82) is 0 Å². The predicted octanol–water partition coefficient (Wildman–Crippen LogP) is 4.28. The number of piperidine rings is 1. The molecular formula is C21H25BrN4O2. The van der Waals surface area contributed by atoms with E-state index in [0.29, 0.717) is 29.6 Å². The number of carbonyl (C=O) groups is 2. The maximum Gasteiger partial charge on any atom is 0.319 e. The first-order chi connectivity index (χ1) is 13.4. The van der Waals surface area contributed by atoms with Crippen LogP contribution in [0.3, 0.4) is 0 Å². The summed E-state index contributed by atoms with van der Waals surface area (Å²) in [7, 11) is 0. The number of nitrogens with zero attached hydrogens (tertiary/aromatic N) is 2. The molecule has 0 saturated carbocycles. The first-order valence-electron chi connectivity index (χ1n) is 9.45. The van der Waals surface area contributed by atoms with Gasteiger partial charge in [-0.05, 0) is 48.1 Å². The number of amides is 3. The lowest BCUT2D eigenvalue weighted by Crippen LogP contribution is -2.43. The number of hydrogen-bond acceptors (Lipinski definition) is 3. The fourth-order valence-electron chi connectivity index (χ4n) is 3.65. The Morgan fingerprint density at radius 1 is 1.21 bits per heavy atom. The lowest BCUT2D eigenvalue weighted by Gasteiger charge is -2.35. The molecule has 1 saturated heterocycles. The highest BCUT2D eigenvalue weighted by molar-refractivity contribution is 9.10. The van der Waals surface area contributed by atoms with Crippen molar-refractivity contribution in [2.75, 3.05) is 18.4 Å². The molecule has 2 atom stereocenters. The summed E-state index contributed by atoms with van der Waals surface area (Å²) in [5, 5.41) is 5.61. The molecule has 2 heterocycles. The van der Waals surface area contributed by atoms with Crippen LogP contribution in [0.5, 0.6) is 0 Å². The van der Waals surface area contributed by atoms with Gasteiger partial charge in [-0.1, -0.05) is 35.8 Å². The highest BCUT2D eigenvalue weighted by atomic mass is 79.9. The minimum Gasteiger partial charge on any atom is -0.338 e. The summed E-state index contributed by atoms with van der Waals surface area (Å²) >= 11 is 3.43. The average molecular weight is 445 g/mol. The second-order valence-electron chi connectivity index (χ2n) is 7.52. The van der Waals surface area contributed by atoms with Gasteiger partial charge in [-0.15, -0.1) is 0 Å². The first kappa shape index (κ1) is 20.3. The molecule has 1 aliphatic rings. The summed E-state index contributed by atoms with van der Waals surface area (Å²) in [4.78, 5) is 31.4. The van der Waals surface area contributed by atoms with Gasteiger partial charge in [0.2, 0.25) is 0 Å². The van der Waals surface area contributed by atoms with Crippen molar-refractivity contribution in [2.24, 2.45) is 11.8 Å². The second kappa shape index (κ2) is 9.19. The minimum absolute atomic E-state index is 0.0535. The molecule has 1 aromatic carbocycles. The van der Waals surface area contributed by atoms with Crippen LogP contribution in [0.2, 0.25) is 0 Å². The fourth-order valence-corrected chi connectivity index (χ4v) is 4.01. The van der Waals surface area contributed by atoms with Crippen LogP contribution in [0, 0.1) is 11.8 Å². The van der Waals surface area contributed by atoms with Gasteiger partial charge in [0.15, 0.2) is 0 Å². The third-order valence-corrected chi connectivity index (χ3v) is 5.29. The molecule has 0 unspecified atom stereocenters.